The van der Waals surface area contributed by atoms with Gasteiger partial charge in [-0.25, -0.2) is 14.6 Å². The molecule has 4 aromatic rings. The summed E-state index contributed by atoms with van der Waals surface area (Å²) in [7, 11) is 0. The summed E-state index contributed by atoms with van der Waals surface area (Å²) in [5, 5.41) is 8.35. The lowest BCUT2D eigenvalue weighted by atomic mass is 10.0. The fourth-order valence-electron chi connectivity index (χ4n) is 3.22. The Balaban J connectivity index is 1.70. The number of aromatic nitrogens is 4. The predicted octanol–water partition coefficient (Wildman–Crippen LogP) is 5.26. The Bertz CT molecular complexity index is 1200. The molecule has 1 N–H and O–H groups in total. The standard InChI is InChI=1S/C22H20BrN5O/c1-13(2)17-11-15-10-16(23)7-8-19(15)26-21(17)27-22(29)18-12-25-28(14(18)3)20-6-4-5-9-24-20/h4-13H,1-3H3,(H,26,27,29). The van der Waals surface area contributed by atoms with Crippen LogP contribution in [0.25, 0.3) is 16.7 Å². The second kappa shape index (κ2) is 7.75. The van der Waals surface area contributed by atoms with E-state index in [0.29, 0.717) is 17.2 Å². The maximum atomic E-state index is 13.0. The normalized spacial score (nSPS) is 11.2. The van der Waals surface area contributed by atoms with Crippen LogP contribution < -0.4 is 5.32 Å². The largest absolute Gasteiger partial charge is 0.306 e. The molecule has 7 heteroatoms. The van der Waals surface area contributed by atoms with Crippen LogP contribution in [0.5, 0.6) is 0 Å². The number of nitrogens with zero attached hydrogens (tertiary/aromatic N) is 4. The van der Waals surface area contributed by atoms with Crippen molar-refractivity contribution in [1.82, 2.24) is 19.7 Å². The van der Waals surface area contributed by atoms with Crippen LogP contribution >= 0.6 is 15.9 Å². The van der Waals surface area contributed by atoms with E-state index in [9.17, 15) is 4.79 Å². The average Bonchev–Trinajstić information content (AvgIpc) is 3.09. The highest BCUT2D eigenvalue weighted by molar-refractivity contribution is 9.10. The van der Waals surface area contributed by atoms with Crippen LogP contribution in [0, 0.1) is 6.92 Å². The number of carbonyl (C=O) groups is 1. The van der Waals surface area contributed by atoms with Gasteiger partial charge in [-0.1, -0.05) is 35.8 Å². The minimum atomic E-state index is -0.240. The van der Waals surface area contributed by atoms with Gasteiger partial charge in [0.2, 0.25) is 0 Å². The molecule has 0 aliphatic heterocycles. The molecule has 3 aromatic heterocycles. The lowest BCUT2D eigenvalue weighted by Gasteiger charge is -2.14. The van der Waals surface area contributed by atoms with Gasteiger partial charge in [-0.3, -0.25) is 4.79 Å². The number of pyridine rings is 2. The van der Waals surface area contributed by atoms with Crippen LogP contribution in [-0.2, 0) is 0 Å². The van der Waals surface area contributed by atoms with Gasteiger partial charge < -0.3 is 5.32 Å². The third kappa shape index (κ3) is 3.78. The van der Waals surface area contributed by atoms with Gasteiger partial charge in [0.15, 0.2) is 5.82 Å². The molecular formula is C22H20BrN5O. The molecule has 29 heavy (non-hydrogen) atoms. The van der Waals surface area contributed by atoms with Crippen LogP contribution in [0.3, 0.4) is 0 Å². The van der Waals surface area contributed by atoms with Gasteiger partial charge in [-0.15, -0.1) is 0 Å². The van der Waals surface area contributed by atoms with Crippen molar-refractivity contribution in [1.29, 1.82) is 0 Å². The summed E-state index contributed by atoms with van der Waals surface area (Å²) in [6, 6.07) is 13.6. The van der Waals surface area contributed by atoms with Crippen LogP contribution in [0.15, 0.2) is 59.3 Å². The van der Waals surface area contributed by atoms with Crippen LogP contribution in [0.2, 0.25) is 0 Å². The summed E-state index contributed by atoms with van der Waals surface area (Å²) >= 11 is 3.50. The number of benzene rings is 1. The van der Waals surface area contributed by atoms with Crippen molar-refractivity contribution in [3.8, 4) is 5.82 Å². The van der Waals surface area contributed by atoms with Gasteiger partial charge in [0.05, 0.1) is 23.0 Å². The smallest absolute Gasteiger partial charge is 0.260 e. The third-order valence-electron chi connectivity index (χ3n) is 4.78. The van der Waals surface area contributed by atoms with Gasteiger partial charge in [-0.2, -0.15) is 5.10 Å². The zero-order valence-electron chi connectivity index (χ0n) is 16.3. The summed E-state index contributed by atoms with van der Waals surface area (Å²) in [6.07, 6.45) is 3.26. The molecule has 0 bridgehead atoms. The summed E-state index contributed by atoms with van der Waals surface area (Å²) in [4.78, 5) is 22.0. The maximum Gasteiger partial charge on any atom is 0.260 e. The van der Waals surface area contributed by atoms with Gasteiger partial charge in [-0.05, 0) is 54.8 Å². The van der Waals surface area contributed by atoms with Gasteiger partial charge in [0.1, 0.15) is 5.82 Å². The first-order valence-electron chi connectivity index (χ1n) is 9.31. The van der Waals surface area contributed by atoms with Crippen LogP contribution in [-0.4, -0.2) is 25.7 Å². The monoisotopic (exact) mass is 449 g/mol. The molecule has 0 fully saturated rings. The van der Waals surface area contributed by atoms with Crippen molar-refractivity contribution in [2.24, 2.45) is 0 Å². The fraction of sp³-hybridized carbons (Fsp3) is 0.182. The van der Waals surface area contributed by atoms with Gasteiger partial charge >= 0.3 is 0 Å². The Kier molecular flexibility index (Phi) is 5.15. The number of nitrogens with one attached hydrogen (secondary N) is 1. The molecule has 0 spiro atoms. The van der Waals surface area contributed by atoms with E-state index in [-0.39, 0.29) is 11.8 Å². The highest BCUT2D eigenvalue weighted by Crippen LogP contribution is 2.29. The zero-order chi connectivity index (χ0) is 20.5. The highest BCUT2D eigenvalue weighted by Gasteiger charge is 2.19. The molecule has 0 aliphatic rings. The van der Waals surface area contributed by atoms with Crippen molar-refractivity contribution in [3.05, 3.63) is 76.2 Å². The first-order valence-corrected chi connectivity index (χ1v) is 10.1. The fourth-order valence-corrected chi connectivity index (χ4v) is 3.60. The van der Waals surface area contributed by atoms with E-state index in [2.05, 4.69) is 51.2 Å². The molecule has 0 radical (unpaired) electrons. The van der Waals surface area contributed by atoms with Crippen molar-refractivity contribution < 1.29 is 4.79 Å². The molecule has 0 saturated heterocycles. The second-order valence-electron chi connectivity index (χ2n) is 7.12. The number of carbonyl (C=O) groups excluding carboxylic acids is 1. The van der Waals surface area contributed by atoms with Crippen molar-refractivity contribution in [3.63, 3.8) is 0 Å². The molecule has 146 valence electrons. The van der Waals surface area contributed by atoms with Crippen molar-refractivity contribution >= 4 is 38.6 Å². The van der Waals surface area contributed by atoms with E-state index < -0.39 is 0 Å². The topological polar surface area (TPSA) is 72.7 Å². The molecule has 0 atom stereocenters. The Morgan fingerprint density at radius 1 is 1.17 bits per heavy atom. The number of rotatable bonds is 4. The van der Waals surface area contributed by atoms with Crippen LogP contribution in [0.4, 0.5) is 5.82 Å². The minimum Gasteiger partial charge on any atom is -0.306 e. The number of anilines is 1. The first kappa shape index (κ1) is 19.3. The van der Waals surface area contributed by atoms with Crippen molar-refractivity contribution in [2.75, 3.05) is 5.32 Å². The zero-order valence-corrected chi connectivity index (χ0v) is 17.9. The summed E-state index contributed by atoms with van der Waals surface area (Å²) in [6.45, 7) is 6.02. The SMILES string of the molecule is Cc1c(C(=O)Nc2nc3ccc(Br)cc3cc2C(C)C)cnn1-c1ccccn1. The molecule has 1 amide bonds. The molecule has 0 aliphatic carbocycles. The Hall–Kier alpha value is -3.06. The Morgan fingerprint density at radius 2 is 2.00 bits per heavy atom. The molecule has 4 rings (SSSR count). The van der Waals surface area contributed by atoms with E-state index in [1.165, 1.54) is 0 Å². The van der Waals surface area contributed by atoms with E-state index in [1.807, 2.05) is 43.3 Å². The number of amides is 1. The molecule has 0 unspecified atom stereocenters. The highest BCUT2D eigenvalue weighted by atomic mass is 79.9. The maximum absolute atomic E-state index is 13.0. The third-order valence-corrected chi connectivity index (χ3v) is 5.27. The molecule has 0 saturated carbocycles. The summed E-state index contributed by atoms with van der Waals surface area (Å²) in [5.74, 6) is 1.21. The van der Waals surface area contributed by atoms with E-state index in [4.69, 9.17) is 4.98 Å². The lowest BCUT2D eigenvalue weighted by molar-refractivity contribution is 0.102. The second-order valence-corrected chi connectivity index (χ2v) is 8.03. The van der Waals surface area contributed by atoms with Crippen molar-refractivity contribution in [2.45, 2.75) is 26.7 Å². The molecule has 1 aromatic carbocycles. The molecular weight excluding hydrogens is 430 g/mol. The summed E-state index contributed by atoms with van der Waals surface area (Å²) in [5.41, 5.74) is 3.02. The van der Waals surface area contributed by atoms with Crippen LogP contribution in [0.1, 0.15) is 41.4 Å². The van der Waals surface area contributed by atoms with E-state index >= 15 is 0 Å². The minimum absolute atomic E-state index is 0.207. The Morgan fingerprint density at radius 3 is 2.72 bits per heavy atom. The van der Waals surface area contributed by atoms with E-state index in [0.717, 1.165) is 26.6 Å². The van der Waals surface area contributed by atoms with Gasteiger partial charge in [0, 0.05) is 16.1 Å². The molecule has 6 nitrogen and oxygen atoms in total. The predicted molar refractivity (Wildman–Crippen MR) is 118 cm³/mol. The quantitative estimate of drug-likeness (QED) is 0.460. The Labute approximate surface area is 177 Å². The summed E-state index contributed by atoms with van der Waals surface area (Å²) < 4.78 is 2.65. The number of fused-ring (bicyclic) bond motifs is 1. The number of hydrogen-bond acceptors (Lipinski definition) is 4. The average molecular weight is 450 g/mol. The molecule has 3 heterocycles. The van der Waals surface area contributed by atoms with E-state index in [1.54, 1.807) is 17.1 Å². The van der Waals surface area contributed by atoms with Gasteiger partial charge in [0.25, 0.3) is 5.91 Å². The first-order chi connectivity index (χ1) is 13.9. The lowest BCUT2D eigenvalue weighted by Crippen LogP contribution is -2.16. The number of halogens is 1. The number of hydrogen-bond donors (Lipinski definition) is 1.